The van der Waals surface area contributed by atoms with Crippen LogP contribution in [-0.4, -0.2) is 15.9 Å². The summed E-state index contributed by atoms with van der Waals surface area (Å²) >= 11 is 0. The smallest absolute Gasteiger partial charge is 0.252 e. The second-order valence-electron chi connectivity index (χ2n) is 3.67. The van der Waals surface area contributed by atoms with Gasteiger partial charge in [-0.2, -0.15) is 4.98 Å². The number of carbonyl (C=O) groups excluding carboxylic acids is 1. The van der Waals surface area contributed by atoms with Gasteiger partial charge in [0, 0.05) is 11.8 Å². The quantitative estimate of drug-likeness (QED) is 0.845. The van der Waals surface area contributed by atoms with Gasteiger partial charge in [-0.25, -0.2) is 4.98 Å². The Hall–Kier alpha value is -2.63. The van der Waals surface area contributed by atoms with E-state index in [1.165, 1.54) is 0 Å². The molecule has 2 rings (SSSR count). The fraction of sp³-hybridized carbons (Fsp3) is 0.0833. The van der Waals surface area contributed by atoms with Crippen molar-refractivity contribution in [3.8, 4) is 11.6 Å². The number of nitrogens with two attached hydrogens (primary N) is 2. The van der Waals surface area contributed by atoms with E-state index in [4.69, 9.17) is 16.2 Å². The van der Waals surface area contributed by atoms with Crippen LogP contribution in [-0.2, 0) is 0 Å². The Morgan fingerprint density at radius 3 is 2.67 bits per heavy atom. The van der Waals surface area contributed by atoms with Gasteiger partial charge in [-0.1, -0.05) is 12.1 Å². The van der Waals surface area contributed by atoms with Crippen molar-refractivity contribution >= 4 is 11.9 Å². The van der Waals surface area contributed by atoms with E-state index < -0.39 is 5.91 Å². The molecule has 0 fully saturated rings. The number of para-hydroxylation sites is 1. The Morgan fingerprint density at radius 2 is 2.00 bits per heavy atom. The summed E-state index contributed by atoms with van der Waals surface area (Å²) in [6, 6.07) is 8.27. The standard InChI is InChI=1S/C12H12N4O2/c1-7-6-10(16-12(14)15-7)18-9-5-3-2-4-8(9)11(13)17/h2-6H,1H3,(H2,13,17)(H2,14,15,16). The lowest BCUT2D eigenvalue weighted by Gasteiger charge is -2.08. The number of rotatable bonds is 3. The van der Waals surface area contributed by atoms with Crippen LogP contribution in [0.2, 0.25) is 0 Å². The lowest BCUT2D eigenvalue weighted by Crippen LogP contribution is -2.12. The van der Waals surface area contributed by atoms with Crippen LogP contribution >= 0.6 is 0 Å². The van der Waals surface area contributed by atoms with Gasteiger partial charge in [0.2, 0.25) is 11.8 Å². The first-order valence-electron chi connectivity index (χ1n) is 5.24. The number of carbonyl (C=O) groups is 1. The molecule has 6 heteroatoms. The minimum absolute atomic E-state index is 0.113. The van der Waals surface area contributed by atoms with E-state index in [0.717, 1.165) is 0 Å². The van der Waals surface area contributed by atoms with Crippen LogP contribution in [0.15, 0.2) is 30.3 Å². The summed E-state index contributed by atoms with van der Waals surface area (Å²) in [5, 5.41) is 0. The average molecular weight is 244 g/mol. The summed E-state index contributed by atoms with van der Waals surface area (Å²) in [5.74, 6) is 0.155. The summed E-state index contributed by atoms with van der Waals surface area (Å²) in [5.41, 5.74) is 11.7. The van der Waals surface area contributed by atoms with Gasteiger partial charge in [0.15, 0.2) is 0 Å². The first kappa shape index (κ1) is 11.8. The number of benzene rings is 1. The topological polar surface area (TPSA) is 104 Å². The van der Waals surface area contributed by atoms with Crippen LogP contribution in [0, 0.1) is 6.92 Å². The lowest BCUT2D eigenvalue weighted by molar-refractivity contribution is 0.0998. The average Bonchev–Trinajstić information content (AvgIpc) is 2.27. The van der Waals surface area contributed by atoms with Gasteiger partial charge in [0.05, 0.1) is 5.56 Å². The predicted octanol–water partition coefficient (Wildman–Crippen LogP) is 1.26. The molecule has 0 saturated carbocycles. The van der Waals surface area contributed by atoms with Crippen LogP contribution in [0.5, 0.6) is 11.6 Å². The van der Waals surface area contributed by atoms with E-state index in [1.54, 1.807) is 37.3 Å². The van der Waals surface area contributed by atoms with Gasteiger partial charge in [-0.05, 0) is 19.1 Å². The minimum atomic E-state index is -0.565. The molecule has 18 heavy (non-hydrogen) atoms. The third-order valence-corrected chi connectivity index (χ3v) is 2.22. The first-order valence-corrected chi connectivity index (χ1v) is 5.24. The highest BCUT2D eigenvalue weighted by Gasteiger charge is 2.10. The summed E-state index contributed by atoms with van der Waals surface area (Å²) in [7, 11) is 0. The predicted molar refractivity (Wildman–Crippen MR) is 66.2 cm³/mol. The molecule has 0 aliphatic heterocycles. The van der Waals surface area contributed by atoms with Gasteiger partial charge in [-0.15, -0.1) is 0 Å². The number of amides is 1. The van der Waals surface area contributed by atoms with Crippen molar-refractivity contribution in [3.05, 3.63) is 41.6 Å². The molecular weight excluding hydrogens is 232 g/mol. The zero-order chi connectivity index (χ0) is 13.1. The van der Waals surface area contributed by atoms with Crippen LogP contribution in [0.4, 0.5) is 5.95 Å². The first-order chi connectivity index (χ1) is 8.56. The number of aromatic nitrogens is 2. The second-order valence-corrected chi connectivity index (χ2v) is 3.67. The molecule has 6 nitrogen and oxygen atoms in total. The molecule has 0 aliphatic rings. The molecule has 0 saturated heterocycles. The zero-order valence-electron chi connectivity index (χ0n) is 9.75. The zero-order valence-corrected chi connectivity index (χ0v) is 9.75. The van der Waals surface area contributed by atoms with Crippen LogP contribution in [0.25, 0.3) is 0 Å². The molecule has 1 aromatic heterocycles. The molecule has 1 heterocycles. The van der Waals surface area contributed by atoms with Gasteiger partial charge in [0.1, 0.15) is 5.75 Å². The largest absolute Gasteiger partial charge is 0.438 e. The summed E-state index contributed by atoms with van der Waals surface area (Å²) in [4.78, 5) is 19.1. The van der Waals surface area contributed by atoms with Gasteiger partial charge in [-0.3, -0.25) is 4.79 Å². The summed E-state index contributed by atoms with van der Waals surface area (Å²) < 4.78 is 5.50. The Bertz CT molecular complexity index is 578. The molecule has 0 atom stereocenters. The summed E-state index contributed by atoms with van der Waals surface area (Å²) in [6.45, 7) is 1.77. The highest BCUT2D eigenvalue weighted by Crippen LogP contribution is 2.24. The Morgan fingerprint density at radius 1 is 1.28 bits per heavy atom. The van der Waals surface area contributed by atoms with Crippen LogP contribution in [0.3, 0.4) is 0 Å². The van der Waals surface area contributed by atoms with E-state index in [9.17, 15) is 4.79 Å². The van der Waals surface area contributed by atoms with Crippen molar-refractivity contribution in [2.75, 3.05) is 5.73 Å². The molecule has 0 aliphatic carbocycles. The van der Waals surface area contributed by atoms with Crippen molar-refractivity contribution < 1.29 is 9.53 Å². The molecule has 1 aromatic carbocycles. The number of anilines is 1. The third kappa shape index (κ3) is 2.54. The van der Waals surface area contributed by atoms with Crippen molar-refractivity contribution in [3.63, 3.8) is 0 Å². The van der Waals surface area contributed by atoms with E-state index in [0.29, 0.717) is 11.4 Å². The van der Waals surface area contributed by atoms with Crippen LogP contribution in [0.1, 0.15) is 16.1 Å². The van der Waals surface area contributed by atoms with Gasteiger partial charge in [0.25, 0.3) is 5.91 Å². The minimum Gasteiger partial charge on any atom is -0.438 e. The molecular formula is C12H12N4O2. The maximum atomic E-state index is 11.2. The van der Waals surface area contributed by atoms with Crippen molar-refractivity contribution in [1.29, 1.82) is 0 Å². The second kappa shape index (κ2) is 4.70. The number of nitrogen functional groups attached to an aromatic ring is 1. The highest BCUT2D eigenvalue weighted by molar-refractivity contribution is 5.95. The van der Waals surface area contributed by atoms with E-state index in [1.807, 2.05) is 0 Å². The molecule has 0 radical (unpaired) electrons. The van der Waals surface area contributed by atoms with E-state index in [2.05, 4.69) is 9.97 Å². The van der Waals surface area contributed by atoms with Gasteiger partial charge >= 0.3 is 0 Å². The molecule has 0 unspecified atom stereocenters. The summed E-state index contributed by atoms with van der Waals surface area (Å²) in [6.07, 6.45) is 0. The maximum Gasteiger partial charge on any atom is 0.252 e. The van der Waals surface area contributed by atoms with Crippen LogP contribution < -0.4 is 16.2 Å². The third-order valence-electron chi connectivity index (χ3n) is 2.22. The highest BCUT2D eigenvalue weighted by atomic mass is 16.5. The normalized spacial score (nSPS) is 10.1. The number of hydrogen-bond donors (Lipinski definition) is 2. The molecule has 1 amide bonds. The maximum absolute atomic E-state index is 11.2. The van der Waals surface area contributed by atoms with Gasteiger partial charge < -0.3 is 16.2 Å². The lowest BCUT2D eigenvalue weighted by atomic mass is 10.2. The number of aryl methyl sites for hydroxylation is 1. The molecule has 0 spiro atoms. The Labute approximate surface area is 104 Å². The number of primary amides is 1. The number of nitrogens with zero attached hydrogens (tertiary/aromatic N) is 2. The Balaban J connectivity index is 2.37. The molecule has 0 bridgehead atoms. The molecule has 4 N–H and O–H groups in total. The molecule has 92 valence electrons. The Kier molecular flexibility index (Phi) is 3.09. The fourth-order valence-corrected chi connectivity index (χ4v) is 1.49. The monoisotopic (exact) mass is 244 g/mol. The SMILES string of the molecule is Cc1cc(Oc2ccccc2C(N)=O)nc(N)n1. The van der Waals surface area contributed by atoms with E-state index >= 15 is 0 Å². The number of ether oxygens (including phenoxy) is 1. The fourth-order valence-electron chi connectivity index (χ4n) is 1.49. The van der Waals surface area contributed by atoms with Crippen molar-refractivity contribution in [2.24, 2.45) is 5.73 Å². The van der Waals surface area contributed by atoms with Crippen molar-refractivity contribution in [1.82, 2.24) is 9.97 Å². The number of hydrogen-bond acceptors (Lipinski definition) is 5. The van der Waals surface area contributed by atoms with Crippen molar-refractivity contribution in [2.45, 2.75) is 6.92 Å². The van der Waals surface area contributed by atoms with E-state index in [-0.39, 0.29) is 17.4 Å². The molecule has 2 aromatic rings.